The van der Waals surface area contributed by atoms with E-state index >= 15 is 0 Å². The summed E-state index contributed by atoms with van der Waals surface area (Å²) in [6.45, 7) is 0.461. The molecule has 0 spiro atoms. The maximum atomic E-state index is 13.8. The van der Waals surface area contributed by atoms with Crippen molar-refractivity contribution in [2.45, 2.75) is 6.61 Å². The lowest BCUT2D eigenvalue weighted by Gasteiger charge is -2.09. The van der Waals surface area contributed by atoms with Gasteiger partial charge in [0.15, 0.2) is 11.6 Å². The summed E-state index contributed by atoms with van der Waals surface area (Å²) in [5, 5.41) is 7.25. The minimum Gasteiger partial charge on any atom is -0.454 e. The van der Waals surface area contributed by atoms with Crippen molar-refractivity contribution < 1.29 is 13.9 Å². The Kier molecular flexibility index (Phi) is 4.32. The minimum absolute atomic E-state index is 0.0876. The molecule has 0 aromatic heterocycles. The number of nitrogens with two attached hydrogens (primary N) is 1. The summed E-state index contributed by atoms with van der Waals surface area (Å²) >= 11 is 0. The molecule has 0 bridgehead atoms. The van der Waals surface area contributed by atoms with Gasteiger partial charge >= 0.3 is 0 Å². The number of nitrogen functional groups attached to an aromatic ring is 1. The Balaban J connectivity index is 2.21. The summed E-state index contributed by atoms with van der Waals surface area (Å²) in [6, 6.07) is 11.4. The van der Waals surface area contributed by atoms with Crippen molar-refractivity contribution in [3.8, 4) is 11.5 Å². The number of benzene rings is 2. The second-order valence-corrected chi connectivity index (χ2v) is 4.24. The fraction of sp³-hybridized carbons (Fsp3) is 0.133. The summed E-state index contributed by atoms with van der Waals surface area (Å²) in [7, 11) is 1.60. The highest BCUT2D eigenvalue weighted by Crippen LogP contribution is 2.25. The van der Waals surface area contributed by atoms with Crippen LogP contribution in [0.5, 0.6) is 11.5 Å². The molecular formula is C15H15FN2O2. The van der Waals surface area contributed by atoms with Crippen molar-refractivity contribution in [1.29, 1.82) is 5.41 Å². The van der Waals surface area contributed by atoms with Crippen LogP contribution < -0.4 is 10.5 Å². The Hall–Kier alpha value is -2.40. The van der Waals surface area contributed by atoms with E-state index in [2.05, 4.69) is 0 Å². The molecule has 20 heavy (non-hydrogen) atoms. The number of hydrogen-bond acceptors (Lipinski definition) is 3. The van der Waals surface area contributed by atoms with E-state index in [0.717, 1.165) is 5.56 Å². The quantitative estimate of drug-likeness (QED) is 0.650. The van der Waals surface area contributed by atoms with Crippen LogP contribution in [0.1, 0.15) is 11.1 Å². The number of hydrogen-bond donors (Lipinski definition) is 2. The van der Waals surface area contributed by atoms with Gasteiger partial charge in [-0.2, -0.15) is 0 Å². The van der Waals surface area contributed by atoms with Gasteiger partial charge in [0, 0.05) is 12.7 Å². The SMILES string of the molecule is COCc1cccc(Oc2ccc(C(=N)N)cc2F)c1. The van der Waals surface area contributed by atoms with Crippen molar-refractivity contribution in [2.75, 3.05) is 7.11 Å². The normalized spacial score (nSPS) is 10.3. The molecule has 2 aromatic rings. The highest BCUT2D eigenvalue weighted by atomic mass is 19.1. The lowest BCUT2D eigenvalue weighted by molar-refractivity contribution is 0.184. The predicted molar refractivity (Wildman–Crippen MR) is 74.6 cm³/mol. The number of rotatable bonds is 5. The fourth-order valence-electron chi connectivity index (χ4n) is 1.74. The zero-order valence-corrected chi connectivity index (χ0v) is 11.0. The highest BCUT2D eigenvalue weighted by molar-refractivity contribution is 5.95. The number of nitrogens with one attached hydrogen (secondary N) is 1. The molecule has 4 nitrogen and oxygen atoms in total. The van der Waals surface area contributed by atoms with Gasteiger partial charge in [0.1, 0.15) is 11.6 Å². The van der Waals surface area contributed by atoms with Crippen molar-refractivity contribution in [3.63, 3.8) is 0 Å². The van der Waals surface area contributed by atoms with Gasteiger partial charge in [-0.05, 0) is 35.9 Å². The van der Waals surface area contributed by atoms with E-state index < -0.39 is 5.82 Å². The molecule has 0 saturated heterocycles. The maximum Gasteiger partial charge on any atom is 0.166 e. The zero-order valence-electron chi connectivity index (χ0n) is 11.0. The Morgan fingerprint density at radius 1 is 1.25 bits per heavy atom. The second kappa shape index (κ2) is 6.16. The molecule has 0 aliphatic carbocycles. The van der Waals surface area contributed by atoms with E-state index in [1.807, 2.05) is 12.1 Å². The maximum absolute atomic E-state index is 13.8. The van der Waals surface area contributed by atoms with Crippen LogP contribution in [0.4, 0.5) is 4.39 Å². The Labute approximate surface area is 116 Å². The Morgan fingerprint density at radius 2 is 2.05 bits per heavy atom. The molecule has 2 aromatic carbocycles. The number of ether oxygens (including phenoxy) is 2. The zero-order chi connectivity index (χ0) is 14.5. The molecule has 104 valence electrons. The van der Waals surface area contributed by atoms with Crippen molar-refractivity contribution in [3.05, 3.63) is 59.4 Å². The molecule has 0 saturated carbocycles. The fourth-order valence-corrected chi connectivity index (χ4v) is 1.74. The molecule has 0 aliphatic heterocycles. The molecule has 0 unspecified atom stereocenters. The first-order chi connectivity index (χ1) is 9.60. The van der Waals surface area contributed by atoms with Crippen LogP contribution in [0.15, 0.2) is 42.5 Å². The first kappa shape index (κ1) is 14.0. The van der Waals surface area contributed by atoms with Gasteiger partial charge in [-0.1, -0.05) is 12.1 Å². The third-order valence-electron chi connectivity index (χ3n) is 2.68. The van der Waals surface area contributed by atoms with E-state index in [9.17, 15) is 4.39 Å². The number of halogens is 1. The lowest BCUT2D eigenvalue weighted by Crippen LogP contribution is -2.11. The van der Waals surface area contributed by atoms with E-state index in [0.29, 0.717) is 17.9 Å². The van der Waals surface area contributed by atoms with Gasteiger partial charge < -0.3 is 15.2 Å². The van der Waals surface area contributed by atoms with Gasteiger partial charge in [-0.25, -0.2) is 4.39 Å². The van der Waals surface area contributed by atoms with Crippen LogP contribution in [-0.4, -0.2) is 12.9 Å². The first-order valence-electron chi connectivity index (χ1n) is 6.00. The van der Waals surface area contributed by atoms with Crippen LogP contribution in [0.2, 0.25) is 0 Å². The van der Waals surface area contributed by atoms with E-state index in [-0.39, 0.29) is 11.6 Å². The first-order valence-corrected chi connectivity index (χ1v) is 6.00. The molecule has 3 N–H and O–H groups in total. The molecule has 0 heterocycles. The molecular weight excluding hydrogens is 259 g/mol. The van der Waals surface area contributed by atoms with Crippen LogP contribution in [0.25, 0.3) is 0 Å². The van der Waals surface area contributed by atoms with Gasteiger partial charge in [0.05, 0.1) is 6.61 Å². The molecule has 5 heteroatoms. The van der Waals surface area contributed by atoms with Gasteiger partial charge in [-0.15, -0.1) is 0 Å². The van der Waals surface area contributed by atoms with Crippen molar-refractivity contribution >= 4 is 5.84 Å². The third-order valence-corrected chi connectivity index (χ3v) is 2.68. The lowest BCUT2D eigenvalue weighted by atomic mass is 10.2. The third kappa shape index (κ3) is 3.33. The largest absolute Gasteiger partial charge is 0.454 e. The summed E-state index contributed by atoms with van der Waals surface area (Å²) in [5.41, 5.74) is 6.56. The average Bonchev–Trinajstić information content (AvgIpc) is 2.42. The Morgan fingerprint density at radius 3 is 2.70 bits per heavy atom. The van der Waals surface area contributed by atoms with Crippen LogP contribution >= 0.6 is 0 Å². The predicted octanol–water partition coefficient (Wildman–Crippen LogP) is 3.05. The van der Waals surface area contributed by atoms with Crippen molar-refractivity contribution in [1.82, 2.24) is 0 Å². The van der Waals surface area contributed by atoms with Crippen LogP contribution in [-0.2, 0) is 11.3 Å². The summed E-state index contributed by atoms with van der Waals surface area (Å²) in [5.74, 6) is -0.133. The molecule has 0 aliphatic rings. The molecule has 0 atom stereocenters. The summed E-state index contributed by atoms with van der Waals surface area (Å²) < 4.78 is 24.4. The monoisotopic (exact) mass is 274 g/mol. The van der Waals surface area contributed by atoms with Crippen LogP contribution in [0, 0.1) is 11.2 Å². The number of amidine groups is 1. The molecule has 0 fully saturated rings. The van der Waals surface area contributed by atoms with E-state index in [4.69, 9.17) is 20.6 Å². The van der Waals surface area contributed by atoms with Gasteiger partial charge in [-0.3, -0.25) is 5.41 Å². The minimum atomic E-state index is -0.560. The van der Waals surface area contributed by atoms with E-state index in [1.54, 1.807) is 25.3 Å². The van der Waals surface area contributed by atoms with Gasteiger partial charge in [0.2, 0.25) is 0 Å². The smallest absolute Gasteiger partial charge is 0.166 e. The second-order valence-electron chi connectivity index (χ2n) is 4.24. The highest BCUT2D eigenvalue weighted by Gasteiger charge is 2.08. The topological polar surface area (TPSA) is 68.3 Å². The van der Waals surface area contributed by atoms with E-state index in [1.165, 1.54) is 12.1 Å². The standard InChI is InChI=1S/C15H15FN2O2/c1-19-9-10-3-2-4-12(7-10)20-14-6-5-11(15(17)18)8-13(14)16/h2-8H,9H2,1H3,(H3,17,18). The number of methoxy groups -OCH3 is 1. The summed E-state index contributed by atoms with van der Waals surface area (Å²) in [6.07, 6.45) is 0. The Bertz CT molecular complexity index is 629. The average molecular weight is 274 g/mol. The summed E-state index contributed by atoms with van der Waals surface area (Å²) in [4.78, 5) is 0. The van der Waals surface area contributed by atoms with Crippen LogP contribution in [0.3, 0.4) is 0 Å². The van der Waals surface area contributed by atoms with Gasteiger partial charge in [0.25, 0.3) is 0 Å². The molecule has 2 rings (SSSR count). The molecule has 0 radical (unpaired) electrons. The van der Waals surface area contributed by atoms with Crippen molar-refractivity contribution in [2.24, 2.45) is 5.73 Å². The molecule has 0 amide bonds.